The summed E-state index contributed by atoms with van der Waals surface area (Å²) in [6, 6.07) is 9.10. The van der Waals surface area contributed by atoms with Gasteiger partial charge in [0.25, 0.3) is 5.56 Å². The van der Waals surface area contributed by atoms with Gasteiger partial charge in [0, 0.05) is 30.6 Å². The Labute approximate surface area is 203 Å². The molecule has 0 radical (unpaired) electrons. The highest BCUT2D eigenvalue weighted by atomic mass is 35.5. The van der Waals surface area contributed by atoms with Gasteiger partial charge in [0.2, 0.25) is 5.95 Å². The van der Waals surface area contributed by atoms with Crippen LogP contribution in [0.2, 0.25) is 0 Å². The number of piperidine rings is 1. The largest absolute Gasteiger partial charge is 0.627 e. The predicted octanol–water partition coefficient (Wildman–Crippen LogP) is 2.73. The van der Waals surface area contributed by atoms with Crippen molar-refractivity contribution in [2.45, 2.75) is 12.8 Å². The number of hydroxylamine groups is 2. The van der Waals surface area contributed by atoms with Crippen LogP contribution in [0.4, 0.5) is 23.1 Å². The van der Waals surface area contributed by atoms with Crippen molar-refractivity contribution in [3.8, 4) is 0 Å². The van der Waals surface area contributed by atoms with Crippen molar-refractivity contribution < 1.29 is 4.74 Å². The number of nitrogens with one attached hydrogen (secondary N) is 4. The Morgan fingerprint density at radius 2 is 1.82 bits per heavy atom. The highest BCUT2D eigenvalue weighted by Crippen LogP contribution is 2.28. The van der Waals surface area contributed by atoms with Crippen LogP contribution in [0.1, 0.15) is 12.8 Å². The molecule has 2 saturated heterocycles. The first-order chi connectivity index (χ1) is 16.1. The number of H-pyrrole nitrogens is 1. The molecule has 0 spiro atoms. The van der Waals surface area contributed by atoms with Crippen LogP contribution in [0.5, 0.6) is 0 Å². The van der Waals surface area contributed by atoms with Crippen molar-refractivity contribution in [3.63, 3.8) is 0 Å². The molecule has 2 fully saturated rings. The summed E-state index contributed by atoms with van der Waals surface area (Å²) in [5, 5.41) is 23.4. The summed E-state index contributed by atoms with van der Waals surface area (Å²) in [5.41, 5.74) is 1.75. The molecule has 0 unspecified atom stereocenters. The summed E-state index contributed by atoms with van der Waals surface area (Å²) in [5.74, 6) is 1.49. The molecule has 182 valence electrons. The van der Waals surface area contributed by atoms with Crippen LogP contribution in [0.15, 0.2) is 41.3 Å². The molecule has 5 rings (SSSR count). The number of halogens is 1. The monoisotopic (exact) mass is 487 g/mol. The molecule has 2 aliphatic heterocycles. The summed E-state index contributed by atoms with van der Waals surface area (Å²) >= 11 is 0. The third-order valence-corrected chi connectivity index (χ3v) is 6.42. The molecular weight excluding hydrogens is 458 g/mol. The number of pyridine rings is 1. The van der Waals surface area contributed by atoms with Gasteiger partial charge in [-0.05, 0) is 50.0 Å². The molecule has 0 bridgehead atoms. The summed E-state index contributed by atoms with van der Waals surface area (Å²) < 4.78 is 4.94. The Kier molecular flexibility index (Phi) is 7.64. The van der Waals surface area contributed by atoms with E-state index < -0.39 is 0 Å². The molecule has 0 amide bonds. The third-order valence-electron chi connectivity index (χ3n) is 6.42. The van der Waals surface area contributed by atoms with Gasteiger partial charge in [-0.3, -0.25) is 4.79 Å². The van der Waals surface area contributed by atoms with Gasteiger partial charge in [-0.15, -0.1) is 12.4 Å². The average Bonchev–Trinajstić information content (AvgIpc) is 2.84. The van der Waals surface area contributed by atoms with E-state index in [9.17, 15) is 10.0 Å². The van der Waals surface area contributed by atoms with Gasteiger partial charge in [-0.1, -0.05) is 0 Å². The summed E-state index contributed by atoms with van der Waals surface area (Å²) in [7, 11) is 0. The maximum atomic E-state index is 13.0. The first-order valence-corrected chi connectivity index (χ1v) is 11.5. The smallest absolute Gasteiger partial charge is 0.261 e. The second-order valence-corrected chi connectivity index (χ2v) is 8.66. The van der Waals surface area contributed by atoms with Gasteiger partial charge in [0.15, 0.2) is 0 Å². The molecule has 4 heterocycles. The first kappa shape index (κ1) is 24.4. The molecule has 4 N–H and O–H groups in total. The Morgan fingerprint density at radius 3 is 2.56 bits per heavy atom. The van der Waals surface area contributed by atoms with E-state index in [0.717, 1.165) is 38.2 Å². The number of morpholine rings is 1. The van der Waals surface area contributed by atoms with Crippen LogP contribution in [-0.2, 0) is 4.74 Å². The predicted molar refractivity (Wildman–Crippen MR) is 137 cm³/mol. The highest BCUT2D eigenvalue weighted by Gasteiger charge is 2.24. The molecule has 0 saturated carbocycles. The maximum Gasteiger partial charge on any atom is 0.261 e. The van der Waals surface area contributed by atoms with Crippen LogP contribution in [0.25, 0.3) is 10.9 Å². The average molecular weight is 488 g/mol. The molecule has 2 aromatic heterocycles. The number of rotatable bonds is 6. The number of benzene rings is 1. The lowest BCUT2D eigenvalue weighted by atomic mass is 9.98. The lowest BCUT2D eigenvalue weighted by Crippen LogP contribution is -2.51. The first-order valence-electron chi connectivity index (χ1n) is 11.5. The minimum atomic E-state index is -0.388. The highest BCUT2D eigenvalue weighted by molar-refractivity contribution is 5.90. The standard InChI is InChI=1S/C23H29N7O3.ClH/c31-22-20-19(7-10-25-22)28-23(26-15-16-5-8-24-9-6-16)29-21(20)27-17-1-3-18(4-2-17)30(32)11-13-33-14-12-30;/h1-4,7,10,16,24H,5-6,8-9,11-15H2,(H,25,31)(H2,26,27,28,29);1H. The van der Waals surface area contributed by atoms with E-state index in [-0.39, 0.29) is 22.6 Å². The minimum absolute atomic E-state index is 0. The van der Waals surface area contributed by atoms with Crippen LogP contribution in [-0.4, -0.2) is 60.9 Å². The number of aromatic nitrogens is 3. The fraction of sp³-hybridized carbons (Fsp3) is 0.435. The zero-order valence-electron chi connectivity index (χ0n) is 18.9. The zero-order valence-corrected chi connectivity index (χ0v) is 19.7. The fourth-order valence-electron chi connectivity index (χ4n) is 4.43. The Bertz CT molecular complexity index is 1160. The quantitative estimate of drug-likeness (QED) is 0.309. The van der Waals surface area contributed by atoms with Gasteiger partial charge in [0.05, 0.1) is 18.7 Å². The van der Waals surface area contributed by atoms with E-state index >= 15 is 0 Å². The molecule has 34 heavy (non-hydrogen) atoms. The van der Waals surface area contributed by atoms with E-state index in [0.29, 0.717) is 60.6 Å². The van der Waals surface area contributed by atoms with Crippen molar-refractivity contribution in [1.29, 1.82) is 0 Å². The van der Waals surface area contributed by atoms with Crippen LogP contribution in [0.3, 0.4) is 0 Å². The van der Waals surface area contributed by atoms with Gasteiger partial charge >= 0.3 is 0 Å². The van der Waals surface area contributed by atoms with E-state index in [1.54, 1.807) is 12.3 Å². The van der Waals surface area contributed by atoms with Gasteiger partial charge in [0.1, 0.15) is 30.0 Å². The topological polar surface area (TPSA) is 127 Å². The van der Waals surface area contributed by atoms with Crippen molar-refractivity contribution in [2.24, 2.45) is 5.92 Å². The number of hydrogen-bond acceptors (Lipinski definition) is 8. The SMILES string of the molecule is Cl.O=c1[nH]ccc2nc(NCC3CCNCC3)nc(Nc3ccc([N+]4([O-])CCOCC4)cc3)c12. The maximum absolute atomic E-state index is 13.0. The lowest BCUT2D eigenvalue weighted by Gasteiger charge is -2.44. The van der Waals surface area contributed by atoms with E-state index in [2.05, 4.69) is 30.9 Å². The summed E-state index contributed by atoms with van der Waals surface area (Å²) in [6.07, 6.45) is 3.82. The van der Waals surface area contributed by atoms with Crippen LogP contribution >= 0.6 is 12.4 Å². The summed E-state index contributed by atoms with van der Waals surface area (Å²) in [4.78, 5) is 24.4. The van der Waals surface area contributed by atoms with E-state index in [4.69, 9.17) is 4.74 Å². The molecule has 0 atom stereocenters. The van der Waals surface area contributed by atoms with Crippen molar-refractivity contribution in [2.75, 3.05) is 56.6 Å². The normalized spacial score (nSPS) is 18.3. The molecule has 0 aliphatic carbocycles. The number of ether oxygens (including phenoxy) is 1. The molecular formula is C23H30ClN7O3. The van der Waals surface area contributed by atoms with Crippen LogP contribution in [0, 0.1) is 11.1 Å². The van der Waals surface area contributed by atoms with E-state index in [1.807, 2.05) is 24.3 Å². The Balaban J connectivity index is 0.00000274. The zero-order chi connectivity index (χ0) is 22.7. The second-order valence-electron chi connectivity index (χ2n) is 8.66. The number of fused-ring (bicyclic) bond motifs is 1. The number of quaternary nitrogens is 1. The van der Waals surface area contributed by atoms with Gasteiger partial charge in [-0.25, -0.2) is 4.98 Å². The van der Waals surface area contributed by atoms with Crippen LogP contribution < -0.4 is 26.2 Å². The molecule has 10 nitrogen and oxygen atoms in total. The van der Waals surface area contributed by atoms with Crippen molar-refractivity contribution >= 4 is 46.5 Å². The van der Waals surface area contributed by atoms with E-state index in [1.165, 1.54) is 0 Å². The molecule has 1 aromatic carbocycles. The number of hydrogen-bond donors (Lipinski definition) is 4. The number of nitrogens with zero attached hydrogens (tertiary/aromatic N) is 3. The lowest BCUT2D eigenvalue weighted by molar-refractivity contribution is 0.0615. The third kappa shape index (κ3) is 5.31. The molecule has 3 aromatic rings. The second kappa shape index (κ2) is 10.7. The van der Waals surface area contributed by atoms with Gasteiger partial charge in [-0.2, -0.15) is 4.98 Å². The molecule has 2 aliphatic rings. The molecule has 11 heteroatoms. The van der Waals surface area contributed by atoms with Gasteiger partial charge < -0.3 is 35.5 Å². The summed E-state index contributed by atoms with van der Waals surface area (Å²) in [6.45, 7) is 4.59. The number of anilines is 3. The Hall–Kier alpha value is -2.76. The van der Waals surface area contributed by atoms with Crippen molar-refractivity contribution in [1.82, 2.24) is 24.9 Å². The Morgan fingerprint density at radius 1 is 1.09 bits per heavy atom. The minimum Gasteiger partial charge on any atom is -0.627 e. The number of aromatic amines is 1. The fourth-order valence-corrected chi connectivity index (χ4v) is 4.43. The van der Waals surface area contributed by atoms with Crippen molar-refractivity contribution in [3.05, 3.63) is 52.1 Å².